The fraction of sp³-hybridized carbons (Fsp3) is 0.900. The van der Waals surface area contributed by atoms with E-state index in [2.05, 4.69) is 5.32 Å². The van der Waals surface area contributed by atoms with Crippen molar-refractivity contribution in [1.29, 1.82) is 0 Å². The van der Waals surface area contributed by atoms with E-state index < -0.39 is 0 Å². The maximum Gasteiger partial charge on any atom is 0.317 e. The summed E-state index contributed by atoms with van der Waals surface area (Å²) < 4.78 is 0. The fourth-order valence-corrected chi connectivity index (χ4v) is 1.94. The van der Waals surface area contributed by atoms with E-state index in [-0.39, 0.29) is 6.03 Å². The van der Waals surface area contributed by atoms with E-state index in [9.17, 15) is 4.79 Å². The number of nitrogens with one attached hydrogen (secondary N) is 1. The van der Waals surface area contributed by atoms with Crippen LogP contribution in [-0.4, -0.2) is 37.1 Å². The minimum Gasteiger partial charge on any atom is -0.337 e. The smallest absolute Gasteiger partial charge is 0.317 e. The maximum atomic E-state index is 11.6. The number of carbonyl (C=O) groups excluding carboxylic acids is 1. The monoisotopic (exact) mass is 199 g/mol. The summed E-state index contributed by atoms with van der Waals surface area (Å²) in [6, 6.07) is 0.448. The van der Waals surface area contributed by atoms with Crippen LogP contribution in [0.4, 0.5) is 4.79 Å². The first-order chi connectivity index (χ1) is 6.75. The second kappa shape index (κ2) is 5.86. The van der Waals surface area contributed by atoms with Crippen molar-refractivity contribution >= 4 is 6.03 Å². The molecule has 0 saturated heterocycles. The first-order valence-corrected chi connectivity index (χ1v) is 5.46. The van der Waals surface area contributed by atoms with E-state index in [4.69, 9.17) is 5.73 Å². The normalized spacial score (nSPS) is 17.9. The van der Waals surface area contributed by atoms with Crippen LogP contribution < -0.4 is 11.1 Å². The van der Waals surface area contributed by atoms with Crippen LogP contribution in [0.3, 0.4) is 0 Å². The molecule has 0 aromatic rings. The lowest BCUT2D eigenvalue weighted by Gasteiger charge is -2.31. The van der Waals surface area contributed by atoms with Crippen LogP contribution in [0.2, 0.25) is 0 Å². The van der Waals surface area contributed by atoms with E-state index in [1.54, 1.807) is 0 Å². The Balaban J connectivity index is 2.30. The van der Waals surface area contributed by atoms with E-state index in [0.29, 0.717) is 19.1 Å². The zero-order valence-electron chi connectivity index (χ0n) is 8.96. The van der Waals surface area contributed by atoms with Crippen LogP contribution in [0, 0.1) is 0 Å². The molecular weight excluding hydrogens is 178 g/mol. The van der Waals surface area contributed by atoms with Gasteiger partial charge in [-0.2, -0.15) is 0 Å². The van der Waals surface area contributed by atoms with Gasteiger partial charge in [-0.25, -0.2) is 4.79 Å². The van der Waals surface area contributed by atoms with Gasteiger partial charge in [-0.15, -0.1) is 0 Å². The maximum absolute atomic E-state index is 11.6. The highest BCUT2D eigenvalue weighted by atomic mass is 16.2. The third-order valence-electron chi connectivity index (χ3n) is 2.86. The summed E-state index contributed by atoms with van der Waals surface area (Å²) in [6.45, 7) is 1.07. The Hall–Kier alpha value is -0.770. The van der Waals surface area contributed by atoms with E-state index in [0.717, 1.165) is 12.8 Å². The second-order valence-corrected chi connectivity index (χ2v) is 3.92. The van der Waals surface area contributed by atoms with Gasteiger partial charge in [0.15, 0.2) is 0 Å². The number of carbonyl (C=O) groups is 1. The predicted molar refractivity (Wildman–Crippen MR) is 57.1 cm³/mol. The Kier molecular flexibility index (Phi) is 4.73. The quantitative estimate of drug-likeness (QED) is 0.710. The Morgan fingerprint density at radius 1 is 1.43 bits per heavy atom. The van der Waals surface area contributed by atoms with E-state index in [1.165, 1.54) is 19.3 Å². The van der Waals surface area contributed by atoms with Gasteiger partial charge >= 0.3 is 6.03 Å². The minimum absolute atomic E-state index is 0.0161. The molecule has 0 radical (unpaired) electrons. The first-order valence-electron chi connectivity index (χ1n) is 5.46. The molecule has 0 aromatic carbocycles. The van der Waals surface area contributed by atoms with Gasteiger partial charge in [0.05, 0.1) is 0 Å². The van der Waals surface area contributed by atoms with Crippen molar-refractivity contribution in [1.82, 2.24) is 10.2 Å². The van der Waals surface area contributed by atoms with Gasteiger partial charge in [-0.1, -0.05) is 19.3 Å². The molecule has 4 nitrogen and oxygen atoms in total. The highest BCUT2D eigenvalue weighted by Crippen LogP contribution is 2.21. The Bertz CT molecular complexity index is 178. The van der Waals surface area contributed by atoms with E-state index >= 15 is 0 Å². The highest BCUT2D eigenvalue weighted by Gasteiger charge is 2.21. The third-order valence-corrected chi connectivity index (χ3v) is 2.86. The molecule has 0 spiro atoms. The topological polar surface area (TPSA) is 58.4 Å². The molecule has 1 fully saturated rings. The molecule has 1 aliphatic carbocycles. The van der Waals surface area contributed by atoms with Gasteiger partial charge in [0.25, 0.3) is 0 Å². The summed E-state index contributed by atoms with van der Waals surface area (Å²) >= 11 is 0. The average Bonchev–Trinajstić information content (AvgIpc) is 2.26. The molecule has 82 valence electrons. The molecule has 14 heavy (non-hydrogen) atoms. The molecule has 0 heterocycles. The number of hydrogen-bond donors (Lipinski definition) is 2. The van der Waals surface area contributed by atoms with Crippen molar-refractivity contribution in [3.8, 4) is 0 Å². The second-order valence-electron chi connectivity index (χ2n) is 3.92. The van der Waals surface area contributed by atoms with Crippen molar-refractivity contribution in [2.24, 2.45) is 5.73 Å². The molecule has 1 rings (SSSR count). The van der Waals surface area contributed by atoms with Gasteiger partial charge in [-0.3, -0.25) is 0 Å². The third kappa shape index (κ3) is 3.18. The molecule has 0 unspecified atom stereocenters. The van der Waals surface area contributed by atoms with Crippen molar-refractivity contribution in [3.63, 3.8) is 0 Å². The van der Waals surface area contributed by atoms with Crippen LogP contribution in [0.1, 0.15) is 32.1 Å². The molecule has 0 aliphatic heterocycles. The molecule has 1 saturated carbocycles. The lowest BCUT2D eigenvalue weighted by molar-refractivity contribution is 0.174. The molecule has 3 N–H and O–H groups in total. The zero-order chi connectivity index (χ0) is 10.4. The van der Waals surface area contributed by atoms with E-state index in [1.807, 2.05) is 11.9 Å². The highest BCUT2D eigenvalue weighted by molar-refractivity contribution is 5.74. The number of amides is 2. The number of urea groups is 1. The zero-order valence-corrected chi connectivity index (χ0v) is 8.96. The van der Waals surface area contributed by atoms with Crippen LogP contribution in [0.25, 0.3) is 0 Å². The lowest BCUT2D eigenvalue weighted by atomic mass is 9.95. The summed E-state index contributed by atoms with van der Waals surface area (Å²) in [5.74, 6) is 0. The minimum atomic E-state index is 0.0161. The Morgan fingerprint density at radius 3 is 2.64 bits per heavy atom. The molecule has 1 aliphatic rings. The summed E-state index contributed by atoms with van der Waals surface area (Å²) in [5.41, 5.74) is 5.32. The molecule has 0 bridgehead atoms. The molecule has 2 amide bonds. The fourth-order valence-electron chi connectivity index (χ4n) is 1.94. The number of rotatable bonds is 3. The van der Waals surface area contributed by atoms with Crippen LogP contribution in [-0.2, 0) is 0 Å². The van der Waals surface area contributed by atoms with Gasteiger partial charge in [0.1, 0.15) is 0 Å². The number of nitrogens with zero attached hydrogens (tertiary/aromatic N) is 1. The van der Waals surface area contributed by atoms with Gasteiger partial charge in [0, 0.05) is 26.2 Å². The van der Waals surface area contributed by atoms with Gasteiger partial charge in [-0.05, 0) is 12.8 Å². The van der Waals surface area contributed by atoms with Crippen LogP contribution >= 0.6 is 0 Å². The summed E-state index contributed by atoms with van der Waals surface area (Å²) in [4.78, 5) is 13.4. The van der Waals surface area contributed by atoms with Gasteiger partial charge < -0.3 is 16.0 Å². The van der Waals surface area contributed by atoms with Crippen molar-refractivity contribution < 1.29 is 4.79 Å². The van der Waals surface area contributed by atoms with Crippen LogP contribution in [0.15, 0.2) is 0 Å². The predicted octanol–water partition coefficient (Wildman–Crippen LogP) is 0.919. The van der Waals surface area contributed by atoms with Crippen molar-refractivity contribution in [2.45, 2.75) is 38.1 Å². The molecule has 0 aromatic heterocycles. The van der Waals surface area contributed by atoms with Crippen LogP contribution in [0.5, 0.6) is 0 Å². The number of hydrogen-bond acceptors (Lipinski definition) is 2. The molecule has 0 atom stereocenters. The van der Waals surface area contributed by atoms with Gasteiger partial charge in [0.2, 0.25) is 0 Å². The average molecular weight is 199 g/mol. The molecular formula is C10H21N3O. The summed E-state index contributed by atoms with van der Waals surface area (Å²) in [5, 5.41) is 2.79. The summed E-state index contributed by atoms with van der Waals surface area (Å²) in [7, 11) is 1.88. The largest absolute Gasteiger partial charge is 0.337 e. The Labute approximate surface area is 85.8 Å². The Morgan fingerprint density at radius 2 is 2.07 bits per heavy atom. The standard InChI is InChI=1S/C10H21N3O/c1-13(10(14)12-8-7-11)9-5-3-2-4-6-9/h9H,2-8,11H2,1H3,(H,12,14). The SMILES string of the molecule is CN(C(=O)NCCN)C1CCCCC1. The van der Waals surface area contributed by atoms with Crippen molar-refractivity contribution in [3.05, 3.63) is 0 Å². The lowest BCUT2D eigenvalue weighted by Crippen LogP contribution is -2.45. The number of nitrogens with two attached hydrogens (primary N) is 1. The first kappa shape index (κ1) is 11.3. The molecule has 4 heteroatoms. The van der Waals surface area contributed by atoms with Crippen molar-refractivity contribution in [2.75, 3.05) is 20.1 Å². The summed E-state index contributed by atoms with van der Waals surface area (Å²) in [6.07, 6.45) is 6.10.